The van der Waals surface area contributed by atoms with Crippen molar-refractivity contribution >= 4 is 31.9 Å². The van der Waals surface area contributed by atoms with Gasteiger partial charge in [-0.15, -0.1) is 0 Å². The Morgan fingerprint density at radius 2 is 2.21 bits per heavy atom. The Hall–Kier alpha value is -0.0200. The molecule has 1 aromatic carbocycles. The summed E-state index contributed by atoms with van der Waals surface area (Å²) >= 11 is 6.86. The maximum atomic E-state index is 5.61. The van der Waals surface area contributed by atoms with Crippen molar-refractivity contribution in [3.63, 3.8) is 0 Å². The maximum Gasteiger partial charge on any atom is 0.120 e. The summed E-state index contributed by atoms with van der Waals surface area (Å²) in [6, 6.07) is 7.93. The van der Waals surface area contributed by atoms with Crippen molar-refractivity contribution in [3.05, 3.63) is 28.7 Å². The van der Waals surface area contributed by atoms with E-state index < -0.39 is 0 Å². The summed E-state index contributed by atoms with van der Waals surface area (Å²) < 4.78 is 6.67. The van der Waals surface area contributed by atoms with Gasteiger partial charge in [-0.3, -0.25) is 0 Å². The summed E-state index contributed by atoms with van der Waals surface area (Å²) in [6.45, 7) is 2.99. The number of benzene rings is 1. The minimum atomic E-state index is 0.669. The molecule has 1 unspecified atom stereocenters. The van der Waals surface area contributed by atoms with Gasteiger partial charge in [0.2, 0.25) is 0 Å². The molecule has 1 aromatic rings. The molecule has 0 N–H and O–H groups in total. The van der Waals surface area contributed by atoms with Crippen LogP contribution in [-0.4, -0.2) is 11.9 Å². The molecule has 0 amide bonds. The molecule has 0 spiro atoms. The van der Waals surface area contributed by atoms with E-state index in [1.165, 1.54) is 0 Å². The lowest BCUT2D eigenvalue weighted by atomic mass is 10.1. The number of alkyl halides is 1. The first-order valence-electron chi connectivity index (χ1n) is 4.66. The molecule has 0 aliphatic rings. The van der Waals surface area contributed by atoms with Gasteiger partial charge in [-0.2, -0.15) is 0 Å². The SMILES string of the molecule is CC(CBr)CCOc1cccc(Br)c1. The van der Waals surface area contributed by atoms with Gasteiger partial charge in [0.05, 0.1) is 6.61 Å². The van der Waals surface area contributed by atoms with E-state index >= 15 is 0 Å². The summed E-state index contributed by atoms with van der Waals surface area (Å²) in [5.74, 6) is 1.60. The summed E-state index contributed by atoms with van der Waals surface area (Å²) in [5, 5.41) is 1.04. The van der Waals surface area contributed by atoms with E-state index in [0.717, 1.165) is 28.6 Å². The van der Waals surface area contributed by atoms with Gasteiger partial charge in [0.25, 0.3) is 0 Å². The number of rotatable bonds is 5. The highest BCUT2D eigenvalue weighted by Gasteiger charge is 2.00. The lowest BCUT2D eigenvalue weighted by molar-refractivity contribution is 0.291. The number of hydrogen-bond acceptors (Lipinski definition) is 1. The molecule has 14 heavy (non-hydrogen) atoms. The summed E-state index contributed by atoms with van der Waals surface area (Å²) in [4.78, 5) is 0. The van der Waals surface area contributed by atoms with Gasteiger partial charge in [-0.1, -0.05) is 44.8 Å². The molecule has 0 saturated heterocycles. The highest BCUT2D eigenvalue weighted by molar-refractivity contribution is 9.10. The summed E-state index contributed by atoms with van der Waals surface area (Å²) in [7, 11) is 0. The summed E-state index contributed by atoms with van der Waals surface area (Å²) in [6.07, 6.45) is 1.08. The van der Waals surface area contributed by atoms with Crippen molar-refractivity contribution < 1.29 is 4.74 Å². The van der Waals surface area contributed by atoms with Crippen LogP contribution in [0.1, 0.15) is 13.3 Å². The largest absolute Gasteiger partial charge is 0.494 e. The molecule has 1 nitrogen and oxygen atoms in total. The zero-order valence-corrected chi connectivity index (χ0v) is 11.3. The van der Waals surface area contributed by atoms with E-state index in [1.807, 2.05) is 24.3 Å². The van der Waals surface area contributed by atoms with Gasteiger partial charge in [0, 0.05) is 9.80 Å². The third-order valence-electron chi connectivity index (χ3n) is 1.94. The first kappa shape index (κ1) is 12.1. The zero-order chi connectivity index (χ0) is 10.4. The Morgan fingerprint density at radius 3 is 2.86 bits per heavy atom. The van der Waals surface area contributed by atoms with Crippen LogP contribution in [0.2, 0.25) is 0 Å². The molecule has 1 atom stereocenters. The fourth-order valence-corrected chi connectivity index (χ4v) is 1.71. The van der Waals surface area contributed by atoms with Crippen LogP contribution in [0.15, 0.2) is 28.7 Å². The lowest BCUT2D eigenvalue weighted by Crippen LogP contribution is -2.04. The molecule has 78 valence electrons. The molecule has 0 fully saturated rings. The summed E-state index contributed by atoms with van der Waals surface area (Å²) in [5.41, 5.74) is 0. The Balaban J connectivity index is 2.31. The van der Waals surface area contributed by atoms with Gasteiger partial charge in [-0.05, 0) is 30.5 Å². The molecule has 0 bridgehead atoms. The second-order valence-corrected chi connectivity index (χ2v) is 4.92. The Bertz CT molecular complexity index is 276. The number of ether oxygens (including phenoxy) is 1. The quantitative estimate of drug-likeness (QED) is 0.737. The number of hydrogen-bond donors (Lipinski definition) is 0. The van der Waals surface area contributed by atoms with E-state index in [2.05, 4.69) is 38.8 Å². The van der Waals surface area contributed by atoms with Crippen molar-refractivity contribution in [3.8, 4) is 5.75 Å². The predicted octanol–water partition coefficient (Wildman–Crippen LogP) is 4.25. The molecule has 0 aliphatic carbocycles. The van der Waals surface area contributed by atoms with Crippen molar-refractivity contribution in [1.29, 1.82) is 0 Å². The first-order chi connectivity index (χ1) is 6.72. The van der Waals surface area contributed by atoms with E-state index in [9.17, 15) is 0 Å². The van der Waals surface area contributed by atoms with Gasteiger partial charge < -0.3 is 4.74 Å². The molecule has 0 heterocycles. The number of halogens is 2. The minimum absolute atomic E-state index is 0.669. The molecule has 0 saturated carbocycles. The lowest BCUT2D eigenvalue weighted by Gasteiger charge is -2.09. The monoisotopic (exact) mass is 320 g/mol. The predicted molar refractivity (Wildman–Crippen MR) is 67.2 cm³/mol. The average molecular weight is 322 g/mol. The zero-order valence-electron chi connectivity index (χ0n) is 8.17. The van der Waals surface area contributed by atoms with E-state index in [1.54, 1.807) is 0 Å². The van der Waals surface area contributed by atoms with Gasteiger partial charge in [-0.25, -0.2) is 0 Å². The van der Waals surface area contributed by atoms with Crippen molar-refractivity contribution in [2.75, 3.05) is 11.9 Å². The Morgan fingerprint density at radius 1 is 1.43 bits per heavy atom. The van der Waals surface area contributed by atoms with Crippen LogP contribution in [-0.2, 0) is 0 Å². The van der Waals surface area contributed by atoms with Gasteiger partial charge in [0.1, 0.15) is 5.75 Å². The third-order valence-corrected chi connectivity index (χ3v) is 3.54. The van der Waals surface area contributed by atoms with E-state index in [4.69, 9.17) is 4.74 Å². The standard InChI is InChI=1S/C11H14Br2O/c1-9(8-12)5-6-14-11-4-2-3-10(13)7-11/h2-4,7,9H,5-6,8H2,1H3. The highest BCUT2D eigenvalue weighted by Crippen LogP contribution is 2.18. The fraction of sp³-hybridized carbons (Fsp3) is 0.455. The second kappa shape index (κ2) is 6.46. The van der Waals surface area contributed by atoms with Crippen LogP contribution in [0.4, 0.5) is 0 Å². The van der Waals surface area contributed by atoms with Crippen LogP contribution in [0.3, 0.4) is 0 Å². The first-order valence-corrected chi connectivity index (χ1v) is 6.58. The van der Waals surface area contributed by atoms with E-state index in [-0.39, 0.29) is 0 Å². The molecule has 0 aliphatic heterocycles. The van der Waals surface area contributed by atoms with Crippen molar-refractivity contribution in [2.24, 2.45) is 5.92 Å². The maximum absolute atomic E-state index is 5.61. The van der Waals surface area contributed by atoms with Crippen LogP contribution >= 0.6 is 31.9 Å². The second-order valence-electron chi connectivity index (χ2n) is 3.35. The smallest absolute Gasteiger partial charge is 0.120 e. The Kier molecular flexibility index (Phi) is 5.56. The van der Waals surface area contributed by atoms with Crippen LogP contribution < -0.4 is 4.74 Å². The van der Waals surface area contributed by atoms with Crippen LogP contribution in [0.5, 0.6) is 5.75 Å². The highest BCUT2D eigenvalue weighted by atomic mass is 79.9. The molecule has 0 radical (unpaired) electrons. The molecular formula is C11H14Br2O. The van der Waals surface area contributed by atoms with Crippen LogP contribution in [0.25, 0.3) is 0 Å². The molecule has 3 heteroatoms. The van der Waals surface area contributed by atoms with Crippen molar-refractivity contribution in [2.45, 2.75) is 13.3 Å². The average Bonchev–Trinajstić information content (AvgIpc) is 2.17. The third kappa shape index (κ3) is 4.47. The molecule has 0 aromatic heterocycles. The fourth-order valence-electron chi connectivity index (χ4n) is 1.01. The van der Waals surface area contributed by atoms with Crippen molar-refractivity contribution in [1.82, 2.24) is 0 Å². The molecular weight excluding hydrogens is 308 g/mol. The van der Waals surface area contributed by atoms with E-state index in [0.29, 0.717) is 5.92 Å². The topological polar surface area (TPSA) is 9.23 Å². The van der Waals surface area contributed by atoms with Gasteiger partial charge in [0.15, 0.2) is 0 Å². The van der Waals surface area contributed by atoms with Gasteiger partial charge >= 0.3 is 0 Å². The van der Waals surface area contributed by atoms with Crippen LogP contribution in [0, 0.1) is 5.92 Å². The molecule has 1 rings (SSSR count). The normalized spacial score (nSPS) is 12.5. The minimum Gasteiger partial charge on any atom is -0.494 e. The Labute approximate surface area is 102 Å².